The van der Waals surface area contributed by atoms with Crippen LogP contribution in [0, 0.1) is 5.92 Å². The van der Waals surface area contributed by atoms with Crippen molar-refractivity contribution in [3.63, 3.8) is 0 Å². The lowest BCUT2D eigenvalue weighted by Crippen LogP contribution is -2.42. The highest BCUT2D eigenvalue weighted by Gasteiger charge is 2.23. The zero-order valence-corrected chi connectivity index (χ0v) is 16.9. The van der Waals surface area contributed by atoms with E-state index in [0.717, 1.165) is 56.8 Å². The molecule has 6 nitrogen and oxygen atoms in total. The molecular weight excluding hydrogens is 352 g/mol. The van der Waals surface area contributed by atoms with Crippen LogP contribution in [-0.4, -0.2) is 42.6 Å². The van der Waals surface area contributed by atoms with E-state index in [1.54, 1.807) is 26.4 Å². The van der Waals surface area contributed by atoms with E-state index in [0.29, 0.717) is 12.0 Å². The summed E-state index contributed by atoms with van der Waals surface area (Å²) < 4.78 is 6.75. The standard InChI is InChI=1S/C22H30N4O2/c1-25-22(27)13-20(15-24-25)26-9-7-16(8-10-26)14-23-19-5-3-17-4-6-21(28-2)12-18(17)11-19/h4,6,12-13,15-16,19,23H,3,5,7-11,14H2,1-2H3/t19-/m0/s1. The summed E-state index contributed by atoms with van der Waals surface area (Å²) in [5.74, 6) is 1.65. The van der Waals surface area contributed by atoms with Crippen LogP contribution >= 0.6 is 0 Å². The van der Waals surface area contributed by atoms with E-state index in [9.17, 15) is 4.79 Å². The molecule has 1 aliphatic heterocycles. The Morgan fingerprint density at radius 3 is 2.75 bits per heavy atom. The molecule has 0 bridgehead atoms. The molecule has 1 aromatic carbocycles. The van der Waals surface area contributed by atoms with Crippen molar-refractivity contribution in [2.24, 2.45) is 13.0 Å². The lowest BCUT2D eigenvalue weighted by molar-refractivity contribution is 0.347. The second kappa shape index (κ2) is 8.35. The average molecular weight is 383 g/mol. The van der Waals surface area contributed by atoms with Gasteiger partial charge in [0.25, 0.3) is 5.56 Å². The third-order valence-corrected chi connectivity index (χ3v) is 6.27. The number of nitrogens with zero attached hydrogens (tertiary/aromatic N) is 3. The number of hydrogen-bond donors (Lipinski definition) is 1. The maximum atomic E-state index is 11.8. The zero-order valence-electron chi connectivity index (χ0n) is 16.9. The van der Waals surface area contributed by atoms with Crippen molar-refractivity contribution in [1.82, 2.24) is 15.1 Å². The molecule has 0 saturated carbocycles. The number of fused-ring (bicyclic) bond motifs is 1. The van der Waals surface area contributed by atoms with Crippen LogP contribution in [0.3, 0.4) is 0 Å². The predicted molar refractivity (Wildman–Crippen MR) is 111 cm³/mol. The maximum absolute atomic E-state index is 11.8. The molecule has 0 radical (unpaired) electrons. The molecule has 0 unspecified atom stereocenters. The van der Waals surface area contributed by atoms with Gasteiger partial charge in [0.15, 0.2) is 0 Å². The Morgan fingerprint density at radius 1 is 1.18 bits per heavy atom. The Bertz CT molecular complexity index is 871. The van der Waals surface area contributed by atoms with Crippen LogP contribution in [0.4, 0.5) is 5.69 Å². The molecule has 0 spiro atoms. The third kappa shape index (κ3) is 4.22. The summed E-state index contributed by atoms with van der Waals surface area (Å²) in [5.41, 5.74) is 3.80. The number of ether oxygens (including phenoxy) is 1. The highest BCUT2D eigenvalue weighted by molar-refractivity contribution is 5.43. The minimum Gasteiger partial charge on any atom is -0.497 e. The van der Waals surface area contributed by atoms with Gasteiger partial charge in [-0.05, 0) is 67.8 Å². The minimum atomic E-state index is -0.0458. The molecule has 150 valence electrons. The highest BCUT2D eigenvalue weighted by Crippen LogP contribution is 2.26. The summed E-state index contributed by atoms with van der Waals surface area (Å²) in [7, 11) is 3.42. The maximum Gasteiger partial charge on any atom is 0.268 e. The SMILES string of the molecule is COc1ccc2c(c1)C[C@@H](NCC1CCN(c3cnn(C)c(=O)c3)CC1)CC2. The summed E-state index contributed by atoms with van der Waals surface area (Å²) in [4.78, 5) is 14.1. The largest absolute Gasteiger partial charge is 0.497 e. The van der Waals surface area contributed by atoms with Gasteiger partial charge >= 0.3 is 0 Å². The molecule has 28 heavy (non-hydrogen) atoms. The van der Waals surface area contributed by atoms with Gasteiger partial charge < -0.3 is 15.0 Å². The fourth-order valence-corrected chi connectivity index (χ4v) is 4.40. The first-order chi connectivity index (χ1) is 13.6. The van der Waals surface area contributed by atoms with Gasteiger partial charge in [0.05, 0.1) is 19.0 Å². The van der Waals surface area contributed by atoms with E-state index >= 15 is 0 Å². The lowest BCUT2D eigenvalue weighted by Gasteiger charge is -2.34. The number of methoxy groups -OCH3 is 1. The Labute approximate surface area is 166 Å². The Balaban J connectivity index is 1.26. The van der Waals surface area contributed by atoms with Gasteiger partial charge in [-0.1, -0.05) is 6.07 Å². The first-order valence-corrected chi connectivity index (χ1v) is 10.3. The molecule has 1 aliphatic carbocycles. The number of hydrogen-bond acceptors (Lipinski definition) is 5. The summed E-state index contributed by atoms with van der Waals surface area (Å²) in [6.45, 7) is 3.06. The molecule has 1 saturated heterocycles. The van der Waals surface area contributed by atoms with Crippen molar-refractivity contribution in [3.05, 3.63) is 51.9 Å². The zero-order chi connectivity index (χ0) is 19.5. The number of benzene rings is 1. The highest BCUT2D eigenvalue weighted by atomic mass is 16.5. The molecule has 2 aliphatic rings. The third-order valence-electron chi connectivity index (χ3n) is 6.27. The second-order valence-corrected chi connectivity index (χ2v) is 8.09. The minimum absolute atomic E-state index is 0.0458. The van der Waals surface area contributed by atoms with E-state index in [1.807, 2.05) is 0 Å². The monoisotopic (exact) mass is 382 g/mol. The number of aromatic nitrogens is 2. The average Bonchev–Trinajstić information content (AvgIpc) is 2.74. The van der Waals surface area contributed by atoms with E-state index in [1.165, 1.54) is 22.2 Å². The van der Waals surface area contributed by atoms with Crippen LogP contribution < -0.4 is 20.5 Å². The number of aryl methyl sites for hydroxylation is 2. The van der Waals surface area contributed by atoms with Gasteiger partial charge in [0, 0.05) is 32.2 Å². The lowest BCUT2D eigenvalue weighted by atomic mass is 9.87. The number of anilines is 1. The Morgan fingerprint density at radius 2 is 2.00 bits per heavy atom. The number of nitrogens with one attached hydrogen (secondary N) is 1. The van der Waals surface area contributed by atoms with Crippen LogP contribution in [0.5, 0.6) is 5.75 Å². The van der Waals surface area contributed by atoms with Crippen LogP contribution in [0.25, 0.3) is 0 Å². The van der Waals surface area contributed by atoms with Gasteiger partial charge in [-0.3, -0.25) is 4.79 Å². The fourth-order valence-electron chi connectivity index (χ4n) is 4.40. The fraction of sp³-hybridized carbons (Fsp3) is 0.545. The first-order valence-electron chi connectivity index (χ1n) is 10.3. The van der Waals surface area contributed by atoms with Gasteiger partial charge in [0.1, 0.15) is 5.75 Å². The molecule has 1 atom stereocenters. The van der Waals surface area contributed by atoms with Crippen LogP contribution in [-0.2, 0) is 19.9 Å². The van der Waals surface area contributed by atoms with E-state index in [4.69, 9.17) is 4.74 Å². The Kier molecular flexibility index (Phi) is 5.67. The van der Waals surface area contributed by atoms with Crippen molar-refractivity contribution >= 4 is 5.69 Å². The first kappa shape index (κ1) is 19.0. The summed E-state index contributed by atoms with van der Waals surface area (Å²) in [6, 6.07) is 8.72. The van der Waals surface area contributed by atoms with E-state index in [2.05, 4.69) is 33.5 Å². The van der Waals surface area contributed by atoms with Crippen LogP contribution in [0.2, 0.25) is 0 Å². The van der Waals surface area contributed by atoms with E-state index < -0.39 is 0 Å². The molecule has 1 aromatic heterocycles. The van der Waals surface area contributed by atoms with Gasteiger partial charge in [-0.15, -0.1) is 0 Å². The van der Waals surface area contributed by atoms with Crippen molar-refractivity contribution in [3.8, 4) is 5.75 Å². The summed E-state index contributed by atoms with van der Waals surface area (Å²) in [6.07, 6.45) is 7.54. The molecule has 0 amide bonds. The van der Waals surface area contributed by atoms with Gasteiger partial charge in [0.2, 0.25) is 0 Å². The van der Waals surface area contributed by atoms with Crippen molar-refractivity contribution in [2.45, 2.75) is 38.1 Å². The van der Waals surface area contributed by atoms with Crippen molar-refractivity contribution < 1.29 is 4.74 Å². The molecule has 1 N–H and O–H groups in total. The molecular formula is C22H30N4O2. The number of rotatable bonds is 5. The van der Waals surface area contributed by atoms with Crippen molar-refractivity contribution in [2.75, 3.05) is 31.6 Å². The van der Waals surface area contributed by atoms with Crippen LogP contribution in [0.15, 0.2) is 35.3 Å². The molecule has 2 aromatic rings. The normalized spacial score (nSPS) is 20.1. The summed E-state index contributed by atoms with van der Waals surface area (Å²) >= 11 is 0. The van der Waals surface area contributed by atoms with Gasteiger partial charge in [-0.2, -0.15) is 5.10 Å². The topological polar surface area (TPSA) is 59.4 Å². The number of piperidine rings is 1. The Hall–Kier alpha value is -2.34. The van der Waals surface area contributed by atoms with Crippen LogP contribution in [0.1, 0.15) is 30.4 Å². The van der Waals surface area contributed by atoms with Crippen molar-refractivity contribution in [1.29, 1.82) is 0 Å². The molecule has 2 heterocycles. The molecule has 6 heteroatoms. The second-order valence-electron chi connectivity index (χ2n) is 8.09. The molecule has 4 rings (SSSR count). The molecule has 1 fully saturated rings. The smallest absolute Gasteiger partial charge is 0.268 e. The van der Waals surface area contributed by atoms with E-state index in [-0.39, 0.29) is 5.56 Å². The predicted octanol–water partition coefficient (Wildman–Crippen LogP) is 2.15. The summed E-state index contributed by atoms with van der Waals surface area (Å²) in [5, 5.41) is 7.96. The van der Waals surface area contributed by atoms with Gasteiger partial charge in [-0.25, -0.2) is 4.68 Å². The quantitative estimate of drug-likeness (QED) is 0.859.